The van der Waals surface area contributed by atoms with E-state index < -0.39 is 5.97 Å². The zero-order valence-corrected chi connectivity index (χ0v) is 11.4. The number of aryl methyl sites for hydroxylation is 1. The van der Waals surface area contributed by atoms with Crippen molar-refractivity contribution in [2.75, 3.05) is 0 Å². The van der Waals surface area contributed by atoms with Gasteiger partial charge in [0, 0.05) is 18.3 Å². The molecular weight excluding hydrogens is 238 g/mol. The number of aromatic nitrogens is 1. The van der Waals surface area contributed by atoms with Crippen LogP contribution in [0.4, 0.5) is 0 Å². The summed E-state index contributed by atoms with van der Waals surface area (Å²) in [6.07, 6.45) is 5.35. The molecule has 1 aromatic carbocycles. The average Bonchev–Trinajstić information content (AvgIpc) is 2.82. The number of hydrogen-bond acceptors (Lipinski definition) is 1. The summed E-state index contributed by atoms with van der Waals surface area (Å²) < 4.78 is 2.12. The van der Waals surface area contributed by atoms with Crippen molar-refractivity contribution in [2.24, 2.45) is 0 Å². The van der Waals surface area contributed by atoms with E-state index in [4.69, 9.17) is 5.11 Å². The standard InChI is InChI=1S/C16H19NO2/c1-3-12-6-5-7-14-9-11-17(15(12)14)10-8-13(4-2)16(18)19/h5-9,11H,3-4,10H2,1-2H3,(H,18,19). The van der Waals surface area contributed by atoms with E-state index in [1.165, 1.54) is 16.5 Å². The number of fused-ring (bicyclic) bond motifs is 1. The minimum absolute atomic E-state index is 0.468. The Morgan fingerprint density at radius 3 is 2.74 bits per heavy atom. The number of carbonyl (C=O) groups is 1. The highest BCUT2D eigenvalue weighted by Crippen LogP contribution is 2.21. The first-order valence-corrected chi connectivity index (χ1v) is 6.66. The number of allylic oxidation sites excluding steroid dienone is 1. The summed E-state index contributed by atoms with van der Waals surface area (Å²) in [5.41, 5.74) is 2.97. The quantitative estimate of drug-likeness (QED) is 0.831. The number of carboxylic acid groups (broad SMARTS) is 1. The summed E-state index contributed by atoms with van der Waals surface area (Å²) in [6, 6.07) is 8.36. The first kappa shape index (κ1) is 13.4. The molecule has 0 bridgehead atoms. The van der Waals surface area contributed by atoms with Gasteiger partial charge in [0.25, 0.3) is 0 Å². The number of rotatable bonds is 5. The number of carboxylic acids is 1. The number of nitrogens with zero attached hydrogens (tertiary/aromatic N) is 1. The first-order valence-electron chi connectivity index (χ1n) is 6.66. The van der Waals surface area contributed by atoms with Crippen molar-refractivity contribution >= 4 is 16.9 Å². The van der Waals surface area contributed by atoms with Crippen molar-refractivity contribution in [3.63, 3.8) is 0 Å². The highest BCUT2D eigenvalue weighted by Gasteiger charge is 2.06. The molecule has 0 saturated heterocycles. The molecule has 3 heteroatoms. The second-order valence-corrected chi connectivity index (χ2v) is 4.56. The van der Waals surface area contributed by atoms with Crippen LogP contribution in [0, 0.1) is 0 Å². The highest BCUT2D eigenvalue weighted by atomic mass is 16.4. The predicted molar refractivity (Wildman–Crippen MR) is 77.3 cm³/mol. The number of hydrogen-bond donors (Lipinski definition) is 1. The molecule has 0 atom stereocenters. The third kappa shape index (κ3) is 2.70. The summed E-state index contributed by atoms with van der Waals surface area (Å²) >= 11 is 0. The number of aliphatic carboxylic acids is 1. The molecule has 0 unspecified atom stereocenters. The molecular formula is C16H19NO2. The molecule has 1 heterocycles. The highest BCUT2D eigenvalue weighted by molar-refractivity contribution is 5.86. The van der Waals surface area contributed by atoms with Gasteiger partial charge >= 0.3 is 5.97 Å². The topological polar surface area (TPSA) is 42.2 Å². The number of para-hydroxylation sites is 1. The lowest BCUT2D eigenvalue weighted by atomic mass is 10.1. The fourth-order valence-electron chi connectivity index (χ4n) is 2.37. The second-order valence-electron chi connectivity index (χ2n) is 4.56. The van der Waals surface area contributed by atoms with E-state index in [1.54, 1.807) is 6.08 Å². The van der Waals surface area contributed by atoms with Crippen LogP contribution in [0.3, 0.4) is 0 Å². The molecule has 0 aliphatic carbocycles. The molecule has 0 saturated carbocycles. The van der Waals surface area contributed by atoms with Crippen LogP contribution < -0.4 is 0 Å². The Morgan fingerprint density at radius 1 is 1.32 bits per heavy atom. The van der Waals surface area contributed by atoms with Crippen molar-refractivity contribution in [3.05, 3.63) is 47.7 Å². The maximum atomic E-state index is 11.0. The lowest BCUT2D eigenvalue weighted by Gasteiger charge is -2.07. The summed E-state index contributed by atoms with van der Waals surface area (Å²) in [5.74, 6) is -0.824. The Labute approximate surface area is 113 Å². The molecule has 0 aliphatic heterocycles. The van der Waals surface area contributed by atoms with Crippen LogP contribution in [0.2, 0.25) is 0 Å². The Bertz CT molecular complexity index is 623. The summed E-state index contributed by atoms with van der Waals surface area (Å²) in [6.45, 7) is 4.61. The minimum Gasteiger partial charge on any atom is -0.478 e. The van der Waals surface area contributed by atoms with Crippen LogP contribution in [-0.4, -0.2) is 15.6 Å². The van der Waals surface area contributed by atoms with Gasteiger partial charge in [0.15, 0.2) is 0 Å². The monoisotopic (exact) mass is 257 g/mol. The fraction of sp³-hybridized carbons (Fsp3) is 0.312. The van der Waals surface area contributed by atoms with Crippen LogP contribution in [0.5, 0.6) is 0 Å². The molecule has 0 aliphatic rings. The van der Waals surface area contributed by atoms with Crippen LogP contribution >= 0.6 is 0 Å². The third-order valence-corrected chi connectivity index (χ3v) is 3.44. The van der Waals surface area contributed by atoms with Crippen molar-refractivity contribution in [3.8, 4) is 0 Å². The van der Waals surface area contributed by atoms with Crippen molar-refractivity contribution < 1.29 is 9.90 Å². The average molecular weight is 257 g/mol. The molecule has 0 spiro atoms. The zero-order valence-electron chi connectivity index (χ0n) is 11.4. The van der Waals surface area contributed by atoms with Gasteiger partial charge in [0.05, 0.1) is 5.52 Å². The number of benzene rings is 1. The van der Waals surface area contributed by atoms with Crippen LogP contribution in [0.1, 0.15) is 25.8 Å². The molecule has 19 heavy (non-hydrogen) atoms. The lowest BCUT2D eigenvalue weighted by molar-refractivity contribution is -0.132. The van der Waals surface area contributed by atoms with E-state index in [1.807, 2.05) is 13.1 Å². The van der Waals surface area contributed by atoms with Crippen molar-refractivity contribution in [2.45, 2.75) is 33.2 Å². The van der Waals surface area contributed by atoms with Gasteiger partial charge in [-0.05, 0) is 29.9 Å². The van der Waals surface area contributed by atoms with E-state index in [2.05, 4.69) is 35.8 Å². The van der Waals surface area contributed by atoms with Crippen LogP contribution in [-0.2, 0) is 17.8 Å². The molecule has 2 rings (SSSR count). The SMILES string of the molecule is CCC(=CCn1ccc2cccc(CC)c21)C(=O)O. The molecule has 1 N–H and O–H groups in total. The Hall–Kier alpha value is -2.03. The summed E-state index contributed by atoms with van der Waals surface area (Å²) in [7, 11) is 0. The van der Waals surface area contributed by atoms with E-state index in [9.17, 15) is 4.79 Å². The lowest BCUT2D eigenvalue weighted by Crippen LogP contribution is -2.02. The Kier molecular flexibility index (Phi) is 4.05. The normalized spacial score (nSPS) is 12.0. The van der Waals surface area contributed by atoms with Gasteiger partial charge in [-0.1, -0.05) is 38.1 Å². The molecule has 2 aromatic rings. The Balaban J connectivity index is 2.38. The first-order chi connectivity index (χ1) is 9.17. The molecule has 0 amide bonds. The van der Waals surface area contributed by atoms with Crippen LogP contribution in [0.15, 0.2) is 42.1 Å². The smallest absolute Gasteiger partial charge is 0.331 e. The van der Waals surface area contributed by atoms with Crippen molar-refractivity contribution in [1.29, 1.82) is 0 Å². The van der Waals surface area contributed by atoms with Gasteiger partial charge in [0.2, 0.25) is 0 Å². The molecule has 3 nitrogen and oxygen atoms in total. The second kappa shape index (κ2) is 5.74. The van der Waals surface area contributed by atoms with Gasteiger partial charge in [0.1, 0.15) is 0 Å². The van der Waals surface area contributed by atoms with Gasteiger partial charge in [-0.3, -0.25) is 0 Å². The van der Waals surface area contributed by atoms with E-state index in [-0.39, 0.29) is 0 Å². The molecule has 1 aromatic heterocycles. The van der Waals surface area contributed by atoms with Gasteiger partial charge in [-0.15, -0.1) is 0 Å². The third-order valence-electron chi connectivity index (χ3n) is 3.44. The summed E-state index contributed by atoms with van der Waals surface area (Å²) in [4.78, 5) is 11.0. The van der Waals surface area contributed by atoms with E-state index in [0.29, 0.717) is 18.5 Å². The molecule has 100 valence electrons. The fourth-order valence-corrected chi connectivity index (χ4v) is 2.37. The van der Waals surface area contributed by atoms with Gasteiger partial charge in [-0.2, -0.15) is 0 Å². The largest absolute Gasteiger partial charge is 0.478 e. The van der Waals surface area contributed by atoms with Gasteiger partial charge < -0.3 is 9.67 Å². The minimum atomic E-state index is -0.824. The molecule has 0 fully saturated rings. The van der Waals surface area contributed by atoms with Crippen molar-refractivity contribution in [1.82, 2.24) is 4.57 Å². The Morgan fingerprint density at radius 2 is 2.11 bits per heavy atom. The zero-order chi connectivity index (χ0) is 13.8. The van der Waals surface area contributed by atoms with Crippen LogP contribution in [0.25, 0.3) is 10.9 Å². The van der Waals surface area contributed by atoms with E-state index >= 15 is 0 Å². The predicted octanol–water partition coefficient (Wildman–Crippen LogP) is 3.62. The van der Waals surface area contributed by atoms with Gasteiger partial charge in [-0.25, -0.2) is 4.79 Å². The maximum absolute atomic E-state index is 11.0. The maximum Gasteiger partial charge on any atom is 0.331 e. The van der Waals surface area contributed by atoms with E-state index in [0.717, 1.165) is 6.42 Å². The summed E-state index contributed by atoms with van der Waals surface area (Å²) in [5, 5.41) is 10.2. The molecule has 0 radical (unpaired) electrons.